The lowest BCUT2D eigenvalue weighted by Crippen LogP contribution is -2.31. The predicted molar refractivity (Wildman–Crippen MR) is 120 cm³/mol. The van der Waals surface area contributed by atoms with Gasteiger partial charge in [-0.05, 0) is 23.8 Å². The van der Waals surface area contributed by atoms with Gasteiger partial charge in [-0.2, -0.15) is 5.10 Å². The van der Waals surface area contributed by atoms with Gasteiger partial charge in [0.2, 0.25) is 0 Å². The molecule has 0 bridgehead atoms. The zero-order valence-electron chi connectivity index (χ0n) is 17.3. The molecule has 1 atom stereocenters. The number of fused-ring (bicyclic) bond motifs is 1. The Hall–Kier alpha value is -3.48. The van der Waals surface area contributed by atoms with E-state index in [4.69, 9.17) is 9.47 Å². The quantitative estimate of drug-likeness (QED) is 0.475. The van der Waals surface area contributed by atoms with Gasteiger partial charge in [0.05, 0.1) is 44.1 Å². The molecular formula is C25H24N2O4. The molecule has 0 saturated carbocycles. The van der Waals surface area contributed by atoms with Crippen LogP contribution in [0.5, 0.6) is 5.75 Å². The molecule has 1 heterocycles. The van der Waals surface area contributed by atoms with Crippen molar-refractivity contribution in [2.75, 3.05) is 13.7 Å². The third-order valence-electron chi connectivity index (χ3n) is 5.04. The molecule has 0 saturated heterocycles. The molecule has 6 nitrogen and oxygen atoms in total. The van der Waals surface area contributed by atoms with Crippen LogP contribution in [0.3, 0.4) is 0 Å². The summed E-state index contributed by atoms with van der Waals surface area (Å²) in [5.41, 5.74) is 2.37. The van der Waals surface area contributed by atoms with Gasteiger partial charge in [-0.1, -0.05) is 60.7 Å². The Balaban J connectivity index is 1.51. The van der Waals surface area contributed by atoms with Crippen LogP contribution in [-0.2, 0) is 17.9 Å². The van der Waals surface area contributed by atoms with Gasteiger partial charge in [0.15, 0.2) is 0 Å². The summed E-state index contributed by atoms with van der Waals surface area (Å²) < 4.78 is 12.1. The second kappa shape index (κ2) is 9.55. The highest BCUT2D eigenvalue weighted by molar-refractivity contribution is 5.93. The number of ether oxygens (including phenoxy) is 2. The number of hydrogen-bond donors (Lipinski definition) is 1. The molecule has 3 aromatic carbocycles. The van der Waals surface area contributed by atoms with E-state index in [0.29, 0.717) is 17.7 Å². The molecule has 4 rings (SSSR count). The first kappa shape index (κ1) is 20.8. The lowest BCUT2D eigenvalue weighted by Gasteiger charge is -2.15. The Bertz CT molecular complexity index is 1200. The number of aliphatic hydroxyl groups excluding tert-OH is 1. The van der Waals surface area contributed by atoms with Gasteiger partial charge in [-0.15, -0.1) is 0 Å². The van der Waals surface area contributed by atoms with Crippen LogP contribution in [0, 0.1) is 0 Å². The third kappa shape index (κ3) is 4.82. The van der Waals surface area contributed by atoms with Gasteiger partial charge in [0.1, 0.15) is 5.75 Å². The minimum Gasteiger partial charge on any atom is -0.497 e. The maximum Gasteiger partial charge on any atom is 0.274 e. The van der Waals surface area contributed by atoms with E-state index in [1.54, 1.807) is 13.2 Å². The number of aliphatic hydroxyl groups is 1. The van der Waals surface area contributed by atoms with Gasteiger partial charge in [0, 0.05) is 10.9 Å². The molecule has 0 fully saturated rings. The molecule has 1 unspecified atom stereocenters. The number of hydrogen-bond acceptors (Lipinski definition) is 5. The van der Waals surface area contributed by atoms with Crippen LogP contribution >= 0.6 is 0 Å². The van der Waals surface area contributed by atoms with Gasteiger partial charge in [-0.25, -0.2) is 4.68 Å². The zero-order chi connectivity index (χ0) is 21.6. The minimum atomic E-state index is -0.867. The second-order valence-electron chi connectivity index (χ2n) is 7.26. The molecule has 0 spiro atoms. The number of aromatic nitrogens is 2. The minimum absolute atomic E-state index is 0.0477. The summed E-state index contributed by atoms with van der Waals surface area (Å²) in [7, 11) is 1.62. The molecule has 1 aromatic heterocycles. The van der Waals surface area contributed by atoms with Gasteiger partial charge >= 0.3 is 0 Å². The van der Waals surface area contributed by atoms with Crippen LogP contribution in [-0.4, -0.2) is 34.7 Å². The lowest BCUT2D eigenvalue weighted by atomic mass is 10.1. The average Bonchev–Trinajstić information content (AvgIpc) is 2.82. The highest BCUT2D eigenvalue weighted by atomic mass is 16.5. The highest BCUT2D eigenvalue weighted by Crippen LogP contribution is 2.24. The van der Waals surface area contributed by atoms with Crippen molar-refractivity contribution < 1.29 is 14.6 Å². The van der Waals surface area contributed by atoms with Crippen LogP contribution in [0.25, 0.3) is 22.0 Å². The molecule has 0 aliphatic heterocycles. The van der Waals surface area contributed by atoms with Crippen LogP contribution in [0.2, 0.25) is 0 Å². The Labute approximate surface area is 180 Å². The first-order valence-electron chi connectivity index (χ1n) is 10.1. The van der Waals surface area contributed by atoms with Crippen molar-refractivity contribution in [3.8, 4) is 17.0 Å². The zero-order valence-corrected chi connectivity index (χ0v) is 17.3. The van der Waals surface area contributed by atoms with Crippen molar-refractivity contribution in [2.24, 2.45) is 0 Å². The highest BCUT2D eigenvalue weighted by Gasteiger charge is 2.14. The Morgan fingerprint density at radius 3 is 2.32 bits per heavy atom. The van der Waals surface area contributed by atoms with Crippen molar-refractivity contribution in [3.05, 3.63) is 94.8 Å². The lowest BCUT2D eigenvalue weighted by molar-refractivity contribution is 0.0181. The maximum absolute atomic E-state index is 12.9. The number of methoxy groups -OCH3 is 1. The fraction of sp³-hybridized carbons (Fsp3) is 0.200. The van der Waals surface area contributed by atoms with Crippen LogP contribution in [0.1, 0.15) is 5.56 Å². The Morgan fingerprint density at radius 1 is 0.935 bits per heavy atom. The average molecular weight is 416 g/mol. The number of nitrogens with zero attached hydrogens (tertiary/aromatic N) is 2. The summed E-state index contributed by atoms with van der Waals surface area (Å²) in [5.74, 6) is 0.778. The molecule has 158 valence electrons. The van der Waals surface area contributed by atoms with E-state index in [9.17, 15) is 9.90 Å². The van der Waals surface area contributed by atoms with Crippen molar-refractivity contribution in [2.45, 2.75) is 19.3 Å². The summed E-state index contributed by atoms with van der Waals surface area (Å²) >= 11 is 0. The topological polar surface area (TPSA) is 73.6 Å². The molecular weight excluding hydrogens is 392 g/mol. The van der Waals surface area contributed by atoms with Crippen LogP contribution in [0.15, 0.2) is 83.7 Å². The Kier molecular flexibility index (Phi) is 6.40. The standard InChI is InChI=1S/C25H24N2O4/c1-30-21-13-11-18(12-14-21)16-31-17-20(28)15-27-25(29)23-10-6-5-9-22(23)24(26-27)19-7-3-2-4-8-19/h2-14,20,28H,15-17H2,1H3. The first-order chi connectivity index (χ1) is 15.2. The van der Waals surface area contributed by atoms with Crippen LogP contribution < -0.4 is 10.3 Å². The fourth-order valence-electron chi connectivity index (χ4n) is 3.46. The maximum atomic E-state index is 12.9. The van der Waals surface area contributed by atoms with Crippen molar-refractivity contribution in [1.82, 2.24) is 9.78 Å². The molecule has 0 aliphatic rings. The Morgan fingerprint density at radius 2 is 1.61 bits per heavy atom. The van der Waals surface area contributed by atoms with E-state index in [2.05, 4.69) is 5.10 Å². The van der Waals surface area contributed by atoms with E-state index in [1.165, 1.54) is 4.68 Å². The molecule has 0 amide bonds. The first-order valence-corrected chi connectivity index (χ1v) is 10.1. The summed E-state index contributed by atoms with van der Waals surface area (Å²) in [4.78, 5) is 12.9. The molecule has 0 radical (unpaired) electrons. The molecule has 31 heavy (non-hydrogen) atoms. The van der Waals surface area contributed by atoms with Gasteiger partial charge in [-0.3, -0.25) is 4.79 Å². The smallest absolute Gasteiger partial charge is 0.274 e. The van der Waals surface area contributed by atoms with E-state index in [0.717, 1.165) is 22.3 Å². The summed E-state index contributed by atoms with van der Waals surface area (Å²) in [6.45, 7) is 0.496. The van der Waals surface area contributed by atoms with Crippen LogP contribution in [0.4, 0.5) is 0 Å². The summed E-state index contributed by atoms with van der Waals surface area (Å²) in [6.07, 6.45) is -0.867. The normalized spacial score (nSPS) is 12.1. The number of rotatable bonds is 8. The summed E-state index contributed by atoms with van der Waals surface area (Å²) in [6, 6.07) is 24.7. The second-order valence-corrected chi connectivity index (χ2v) is 7.26. The molecule has 1 N–H and O–H groups in total. The van der Waals surface area contributed by atoms with E-state index < -0.39 is 6.10 Å². The number of benzene rings is 3. The van der Waals surface area contributed by atoms with E-state index >= 15 is 0 Å². The van der Waals surface area contributed by atoms with E-state index in [-0.39, 0.29) is 18.7 Å². The van der Waals surface area contributed by atoms with Gasteiger partial charge in [0.25, 0.3) is 5.56 Å². The van der Waals surface area contributed by atoms with Gasteiger partial charge < -0.3 is 14.6 Å². The molecule has 6 heteroatoms. The monoisotopic (exact) mass is 416 g/mol. The SMILES string of the molecule is COc1ccc(COCC(O)Cn2nc(-c3ccccc3)c3ccccc3c2=O)cc1. The fourth-order valence-corrected chi connectivity index (χ4v) is 3.46. The molecule has 4 aromatic rings. The van der Waals surface area contributed by atoms with Crippen molar-refractivity contribution >= 4 is 10.8 Å². The predicted octanol–water partition coefficient (Wildman–Crippen LogP) is 3.65. The van der Waals surface area contributed by atoms with Crippen molar-refractivity contribution in [1.29, 1.82) is 0 Å². The molecule has 0 aliphatic carbocycles. The summed E-state index contributed by atoms with van der Waals surface area (Å²) in [5, 5.41) is 16.4. The van der Waals surface area contributed by atoms with E-state index in [1.807, 2.05) is 72.8 Å². The largest absolute Gasteiger partial charge is 0.497 e. The van der Waals surface area contributed by atoms with Crippen molar-refractivity contribution in [3.63, 3.8) is 0 Å². The third-order valence-corrected chi connectivity index (χ3v) is 5.04.